The summed E-state index contributed by atoms with van der Waals surface area (Å²) >= 11 is 0. The van der Waals surface area contributed by atoms with Crippen LogP contribution in [0, 0.1) is 11.8 Å². The van der Waals surface area contributed by atoms with Gasteiger partial charge in [-0.2, -0.15) is 0 Å². The lowest BCUT2D eigenvalue weighted by atomic mass is 9.61. The predicted molar refractivity (Wildman–Crippen MR) is 48.7 cm³/mol. The van der Waals surface area contributed by atoms with E-state index in [1.54, 1.807) is 0 Å². The Kier molecular flexibility index (Phi) is 2.13. The fourth-order valence-corrected chi connectivity index (χ4v) is 3.13. The maximum absolute atomic E-state index is 10.3. The molecule has 1 atom stereocenters. The minimum Gasteiger partial charge on any atom is -0.390 e. The second kappa shape index (κ2) is 3.00. The van der Waals surface area contributed by atoms with Crippen molar-refractivity contribution in [1.29, 1.82) is 0 Å². The molecule has 0 radical (unpaired) electrons. The number of hydrogen-bond donors (Lipinski definition) is 2. The molecule has 0 saturated heterocycles. The smallest absolute Gasteiger partial charge is 0.0690 e. The van der Waals surface area contributed by atoms with Crippen molar-refractivity contribution in [2.45, 2.75) is 44.1 Å². The standard InChI is InChI=1S/C10H19NO/c11-6-5-10(12)7-8-1-3-9(10)4-2-8/h8-9,12H,1-7,11H2/t8?,9?,10-/m1/s1. The number of rotatable bonds is 2. The van der Waals surface area contributed by atoms with Crippen molar-refractivity contribution < 1.29 is 5.11 Å². The first-order valence-corrected chi connectivity index (χ1v) is 5.17. The van der Waals surface area contributed by atoms with Gasteiger partial charge in [0.1, 0.15) is 0 Å². The highest BCUT2D eigenvalue weighted by molar-refractivity contribution is 4.97. The van der Waals surface area contributed by atoms with Crippen LogP contribution in [0.4, 0.5) is 0 Å². The topological polar surface area (TPSA) is 46.2 Å². The van der Waals surface area contributed by atoms with Crippen molar-refractivity contribution in [3.05, 3.63) is 0 Å². The summed E-state index contributed by atoms with van der Waals surface area (Å²) in [5.41, 5.74) is 5.14. The summed E-state index contributed by atoms with van der Waals surface area (Å²) in [5, 5.41) is 10.3. The molecule has 2 bridgehead atoms. The third kappa shape index (κ3) is 1.27. The van der Waals surface area contributed by atoms with Gasteiger partial charge in [-0.1, -0.05) is 0 Å². The Morgan fingerprint density at radius 3 is 2.33 bits per heavy atom. The molecule has 0 spiro atoms. The zero-order valence-electron chi connectivity index (χ0n) is 7.63. The molecule has 0 aromatic heterocycles. The molecule has 3 fully saturated rings. The highest BCUT2D eigenvalue weighted by Gasteiger charge is 2.45. The SMILES string of the molecule is NCC[C@@]1(O)CC2CCC1CC2. The van der Waals surface area contributed by atoms with Crippen LogP contribution in [0.3, 0.4) is 0 Å². The Bertz CT molecular complexity index is 163. The van der Waals surface area contributed by atoms with E-state index >= 15 is 0 Å². The molecule has 0 amide bonds. The summed E-state index contributed by atoms with van der Waals surface area (Å²) in [7, 11) is 0. The van der Waals surface area contributed by atoms with Gasteiger partial charge in [0, 0.05) is 0 Å². The summed E-state index contributed by atoms with van der Waals surface area (Å²) in [6.07, 6.45) is 7.00. The van der Waals surface area contributed by atoms with Gasteiger partial charge >= 0.3 is 0 Å². The fourth-order valence-electron chi connectivity index (χ4n) is 3.13. The first-order valence-electron chi connectivity index (χ1n) is 5.17. The highest BCUT2D eigenvalue weighted by atomic mass is 16.3. The summed E-state index contributed by atoms with van der Waals surface area (Å²) in [4.78, 5) is 0. The van der Waals surface area contributed by atoms with Crippen LogP contribution in [0.5, 0.6) is 0 Å². The molecule has 0 aromatic rings. The minimum atomic E-state index is -0.379. The van der Waals surface area contributed by atoms with Crippen LogP contribution in [-0.2, 0) is 0 Å². The Balaban J connectivity index is 2.06. The Labute approximate surface area is 74.1 Å². The van der Waals surface area contributed by atoms with E-state index < -0.39 is 0 Å². The van der Waals surface area contributed by atoms with Crippen LogP contribution in [-0.4, -0.2) is 17.3 Å². The van der Waals surface area contributed by atoms with E-state index in [1.807, 2.05) is 0 Å². The van der Waals surface area contributed by atoms with E-state index in [-0.39, 0.29) is 5.60 Å². The van der Waals surface area contributed by atoms with E-state index in [0.29, 0.717) is 12.5 Å². The Hall–Kier alpha value is -0.0800. The Morgan fingerprint density at radius 2 is 1.92 bits per heavy atom. The molecule has 2 heteroatoms. The molecule has 0 heterocycles. The van der Waals surface area contributed by atoms with Crippen LogP contribution in [0.2, 0.25) is 0 Å². The van der Waals surface area contributed by atoms with Crippen LogP contribution in [0.15, 0.2) is 0 Å². The lowest BCUT2D eigenvalue weighted by Gasteiger charge is -2.48. The number of aliphatic hydroxyl groups is 1. The van der Waals surface area contributed by atoms with E-state index in [1.165, 1.54) is 25.7 Å². The van der Waals surface area contributed by atoms with Crippen molar-refractivity contribution in [1.82, 2.24) is 0 Å². The monoisotopic (exact) mass is 169 g/mol. The zero-order chi connectivity index (χ0) is 8.60. The molecule has 3 rings (SSSR count). The second-order valence-electron chi connectivity index (χ2n) is 4.56. The molecule has 3 N–H and O–H groups in total. The van der Waals surface area contributed by atoms with Gasteiger partial charge in [0.15, 0.2) is 0 Å². The Morgan fingerprint density at radius 1 is 1.25 bits per heavy atom. The van der Waals surface area contributed by atoms with Crippen LogP contribution in [0.25, 0.3) is 0 Å². The largest absolute Gasteiger partial charge is 0.390 e. The van der Waals surface area contributed by atoms with Crippen LogP contribution < -0.4 is 5.73 Å². The van der Waals surface area contributed by atoms with Gasteiger partial charge in [-0.15, -0.1) is 0 Å². The lowest BCUT2D eigenvalue weighted by molar-refractivity contribution is -0.100. The molecule has 0 unspecified atom stereocenters. The first kappa shape index (κ1) is 8.52. The second-order valence-corrected chi connectivity index (χ2v) is 4.56. The van der Waals surface area contributed by atoms with Crippen molar-refractivity contribution in [3.8, 4) is 0 Å². The van der Waals surface area contributed by atoms with Gasteiger partial charge in [-0.25, -0.2) is 0 Å². The number of nitrogens with two attached hydrogens (primary N) is 1. The van der Waals surface area contributed by atoms with Gasteiger partial charge in [0.25, 0.3) is 0 Å². The number of fused-ring (bicyclic) bond motifs is 3. The normalized spacial score (nSPS) is 46.5. The quantitative estimate of drug-likeness (QED) is 0.654. The molecular weight excluding hydrogens is 150 g/mol. The summed E-state index contributed by atoms with van der Waals surface area (Å²) in [6, 6.07) is 0. The molecule has 3 aliphatic rings. The lowest BCUT2D eigenvalue weighted by Crippen LogP contribution is -2.48. The van der Waals surface area contributed by atoms with E-state index in [2.05, 4.69) is 0 Å². The zero-order valence-corrected chi connectivity index (χ0v) is 7.63. The van der Waals surface area contributed by atoms with Crippen molar-refractivity contribution in [2.24, 2.45) is 17.6 Å². The van der Waals surface area contributed by atoms with Gasteiger partial charge in [-0.05, 0) is 56.9 Å². The van der Waals surface area contributed by atoms with Gasteiger partial charge in [-0.3, -0.25) is 0 Å². The molecule has 12 heavy (non-hydrogen) atoms. The molecule has 2 nitrogen and oxygen atoms in total. The van der Waals surface area contributed by atoms with Crippen molar-refractivity contribution in [3.63, 3.8) is 0 Å². The van der Waals surface area contributed by atoms with E-state index in [9.17, 15) is 5.11 Å². The average Bonchev–Trinajstić information content (AvgIpc) is 2.05. The molecular formula is C10H19NO. The van der Waals surface area contributed by atoms with Crippen molar-refractivity contribution in [2.75, 3.05) is 6.54 Å². The van der Waals surface area contributed by atoms with E-state index in [0.717, 1.165) is 18.8 Å². The minimum absolute atomic E-state index is 0.379. The van der Waals surface area contributed by atoms with Crippen LogP contribution >= 0.6 is 0 Å². The number of hydrogen-bond acceptors (Lipinski definition) is 2. The van der Waals surface area contributed by atoms with Crippen molar-refractivity contribution >= 4 is 0 Å². The maximum atomic E-state index is 10.3. The third-order valence-corrected chi connectivity index (χ3v) is 3.83. The van der Waals surface area contributed by atoms with Crippen LogP contribution in [0.1, 0.15) is 38.5 Å². The highest BCUT2D eigenvalue weighted by Crippen LogP contribution is 2.48. The van der Waals surface area contributed by atoms with Gasteiger partial charge in [0.2, 0.25) is 0 Å². The average molecular weight is 169 g/mol. The molecule has 0 aromatic carbocycles. The summed E-state index contributed by atoms with van der Waals surface area (Å²) < 4.78 is 0. The fraction of sp³-hybridized carbons (Fsp3) is 1.00. The molecule has 3 saturated carbocycles. The van der Waals surface area contributed by atoms with Gasteiger partial charge in [0.05, 0.1) is 5.60 Å². The van der Waals surface area contributed by atoms with E-state index in [4.69, 9.17) is 5.73 Å². The maximum Gasteiger partial charge on any atom is 0.0690 e. The molecule has 70 valence electrons. The first-order chi connectivity index (χ1) is 5.74. The molecule has 3 aliphatic carbocycles. The molecule has 0 aliphatic heterocycles. The summed E-state index contributed by atoms with van der Waals surface area (Å²) in [5.74, 6) is 1.36. The van der Waals surface area contributed by atoms with Gasteiger partial charge < -0.3 is 10.8 Å². The third-order valence-electron chi connectivity index (χ3n) is 3.83. The summed E-state index contributed by atoms with van der Waals surface area (Å²) in [6.45, 7) is 0.639. The predicted octanol–water partition coefficient (Wildman–Crippen LogP) is 1.28.